The van der Waals surface area contributed by atoms with E-state index in [1.165, 1.54) is 18.2 Å². The van der Waals surface area contributed by atoms with E-state index in [-0.39, 0.29) is 22.6 Å². The van der Waals surface area contributed by atoms with Gasteiger partial charge in [-0.3, -0.25) is 0 Å². The fourth-order valence-electron chi connectivity index (χ4n) is 2.61. The molecule has 0 fully saturated rings. The first-order valence-corrected chi connectivity index (χ1v) is 8.35. The molecule has 0 aliphatic carbocycles. The molecule has 140 valence electrons. The van der Waals surface area contributed by atoms with Crippen molar-refractivity contribution in [1.29, 1.82) is 0 Å². The van der Waals surface area contributed by atoms with Gasteiger partial charge < -0.3 is 4.74 Å². The highest BCUT2D eigenvalue weighted by Gasteiger charge is 2.30. The molecule has 0 amide bonds. The van der Waals surface area contributed by atoms with Crippen LogP contribution in [0.5, 0.6) is 0 Å². The molecule has 27 heavy (non-hydrogen) atoms. The molecule has 0 bridgehead atoms. The third-order valence-corrected chi connectivity index (χ3v) is 4.14. The Labute approximate surface area is 155 Å². The van der Waals surface area contributed by atoms with Gasteiger partial charge in [-0.2, -0.15) is 13.2 Å². The van der Waals surface area contributed by atoms with Gasteiger partial charge in [-0.1, -0.05) is 45.0 Å². The summed E-state index contributed by atoms with van der Waals surface area (Å²) in [7, 11) is 0. The van der Waals surface area contributed by atoms with Crippen molar-refractivity contribution in [1.82, 2.24) is 0 Å². The predicted octanol–water partition coefficient (Wildman–Crippen LogP) is 5.35. The first-order valence-electron chi connectivity index (χ1n) is 8.35. The molecule has 1 heterocycles. The van der Waals surface area contributed by atoms with E-state index in [4.69, 9.17) is 4.74 Å². The van der Waals surface area contributed by atoms with Gasteiger partial charge in [0.1, 0.15) is 0 Å². The Kier molecular flexibility index (Phi) is 4.68. The van der Waals surface area contributed by atoms with Crippen molar-refractivity contribution < 1.29 is 22.7 Å². The molecule has 0 saturated carbocycles. The number of hydrogen-bond acceptors (Lipinski definition) is 3. The molecule has 3 rings (SSSR count). The standard InChI is InChI=1S/C21H18F3NO2/c1-20(2,3)15-9-7-14(8-10-15)18-25-17(19(26)27-18)12-13-5-4-6-16(11-13)21(22,23)24/h4-12H,1-3H3/b17-12-. The first kappa shape index (κ1) is 18.9. The molecule has 0 atom stereocenters. The monoisotopic (exact) mass is 373 g/mol. The van der Waals surface area contributed by atoms with Crippen molar-refractivity contribution >= 4 is 17.9 Å². The van der Waals surface area contributed by atoms with Gasteiger partial charge in [0.25, 0.3) is 0 Å². The second-order valence-corrected chi connectivity index (χ2v) is 7.29. The number of cyclic esters (lactones) is 1. The van der Waals surface area contributed by atoms with Gasteiger partial charge in [0.05, 0.1) is 5.56 Å². The molecule has 1 aliphatic rings. The molecule has 2 aromatic carbocycles. The summed E-state index contributed by atoms with van der Waals surface area (Å²) in [5.74, 6) is -0.555. The number of alkyl halides is 3. The molecule has 2 aromatic rings. The summed E-state index contributed by atoms with van der Waals surface area (Å²) < 4.78 is 43.6. The van der Waals surface area contributed by atoms with Gasteiger partial charge in [0, 0.05) is 5.56 Å². The Hall–Kier alpha value is -2.89. The van der Waals surface area contributed by atoms with E-state index in [9.17, 15) is 18.0 Å². The number of esters is 1. The summed E-state index contributed by atoms with van der Waals surface area (Å²) >= 11 is 0. The molecule has 0 aromatic heterocycles. The molecular formula is C21H18F3NO2. The van der Waals surface area contributed by atoms with Crippen LogP contribution >= 0.6 is 0 Å². The first-order chi connectivity index (χ1) is 12.5. The van der Waals surface area contributed by atoms with Crippen molar-refractivity contribution in [2.24, 2.45) is 4.99 Å². The Morgan fingerprint density at radius 3 is 2.22 bits per heavy atom. The average molecular weight is 373 g/mol. The maximum absolute atomic E-state index is 12.8. The molecule has 0 saturated heterocycles. The van der Waals surface area contributed by atoms with Crippen LogP contribution in [0.4, 0.5) is 13.2 Å². The van der Waals surface area contributed by atoms with Crippen LogP contribution in [0.2, 0.25) is 0 Å². The highest BCUT2D eigenvalue weighted by Crippen LogP contribution is 2.30. The van der Waals surface area contributed by atoms with Crippen molar-refractivity contribution in [3.63, 3.8) is 0 Å². The van der Waals surface area contributed by atoms with E-state index < -0.39 is 17.7 Å². The van der Waals surface area contributed by atoms with E-state index in [1.54, 1.807) is 12.1 Å². The summed E-state index contributed by atoms with van der Waals surface area (Å²) in [6.07, 6.45) is -3.16. The SMILES string of the molecule is CC(C)(C)c1ccc(C2=N/C(=C\c3cccc(C(F)(F)F)c3)C(=O)O2)cc1. The Morgan fingerprint density at radius 2 is 1.63 bits per heavy atom. The highest BCUT2D eigenvalue weighted by molar-refractivity contribution is 6.12. The van der Waals surface area contributed by atoms with E-state index in [0.717, 1.165) is 17.7 Å². The normalized spacial score (nSPS) is 16.4. The molecule has 0 unspecified atom stereocenters. The number of aliphatic imine (C=N–C) groups is 1. The van der Waals surface area contributed by atoms with Crippen LogP contribution < -0.4 is 0 Å². The fourth-order valence-corrected chi connectivity index (χ4v) is 2.61. The molecular weight excluding hydrogens is 355 g/mol. The predicted molar refractivity (Wildman–Crippen MR) is 97.2 cm³/mol. The summed E-state index contributed by atoms with van der Waals surface area (Å²) in [5, 5.41) is 0. The molecule has 0 N–H and O–H groups in total. The maximum Gasteiger partial charge on any atom is 0.416 e. The van der Waals surface area contributed by atoms with Crippen LogP contribution in [0.25, 0.3) is 6.08 Å². The highest BCUT2D eigenvalue weighted by atomic mass is 19.4. The van der Waals surface area contributed by atoms with Crippen LogP contribution in [-0.4, -0.2) is 11.9 Å². The summed E-state index contributed by atoms with van der Waals surface area (Å²) in [4.78, 5) is 16.2. The topological polar surface area (TPSA) is 38.7 Å². The van der Waals surface area contributed by atoms with Crippen LogP contribution in [0.1, 0.15) is 43.0 Å². The number of benzene rings is 2. The van der Waals surface area contributed by atoms with Gasteiger partial charge in [0.15, 0.2) is 5.70 Å². The second-order valence-electron chi connectivity index (χ2n) is 7.29. The third kappa shape index (κ3) is 4.27. The summed E-state index contributed by atoms with van der Waals surface area (Å²) in [6.45, 7) is 6.26. The number of halogens is 3. The number of carbonyl (C=O) groups is 1. The molecule has 1 aliphatic heterocycles. The van der Waals surface area contributed by atoms with Gasteiger partial charge >= 0.3 is 12.1 Å². The van der Waals surface area contributed by atoms with E-state index in [0.29, 0.717) is 5.56 Å². The van der Waals surface area contributed by atoms with E-state index >= 15 is 0 Å². The van der Waals surface area contributed by atoms with Crippen molar-refractivity contribution in [2.45, 2.75) is 32.4 Å². The summed E-state index contributed by atoms with van der Waals surface area (Å²) in [6, 6.07) is 12.2. The number of nitrogens with zero attached hydrogens (tertiary/aromatic N) is 1. The molecule has 0 spiro atoms. The quantitative estimate of drug-likeness (QED) is 0.526. The zero-order chi connectivity index (χ0) is 19.8. The molecule has 6 heteroatoms. The Balaban J connectivity index is 1.89. The number of rotatable bonds is 2. The van der Waals surface area contributed by atoms with Crippen molar-refractivity contribution in [2.75, 3.05) is 0 Å². The minimum Gasteiger partial charge on any atom is -0.402 e. The fraction of sp³-hybridized carbons (Fsp3) is 0.238. The lowest BCUT2D eigenvalue weighted by molar-refractivity contribution is -0.137. The number of ether oxygens (including phenoxy) is 1. The lowest BCUT2D eigenvalue weighted by Crippen LogP contribution is -2.11. The second kappa shape index (κ2) is 6.68. The maximum atomic E-state index is 12.8. The van der Waals surface area contributed by atoms with Gasteiger partial charge in [-0.25, -0.2) is 9.79 Å². The largest absolute Gasteiger partial charge is 0.416 e. The van der Waals surface area contributed by atoms with E-state index in [1.807, 2.05) is 12.1 Å². The Morgan fingerprint density at radius 1 is 0.963 bits per heavy atom. The minimum atomic E-state index is -4.45. The summed E-state index contributed by atoms with van der Waals surface area (Å²) in [5.41, 5.74) is 1.14. The van der Waals surface area contributed by atoms with E-state index in [2.05, 4.69) is 25.8 Å². The van der Waals surface area contributed by atoms with Crippen molar-refractivity contribution in [3.8, 4) is 0 Å². The van der Waals surface area contributed by atoms with Crippen LogP contribution in [0, 0.1) is 0 Å². The lowest BCUT2D eigenvalue weighted by atomic mass is 9.87. The Bertz CT molecular complexity index is 933. The van der Waals surface area contributed by atoms with Crippen LogP contribution in [0.3, 0.4) is 0 Å². The average Bonchev–Trinajstić information content (AvgIpc) is 2.94. The van der Waals surface area contributed by atoms with Crippen molar-refractivity contribution in [3.05, 3.63) is 76.5 Å². The zero-order valence-electron chi connectivity index (χ0n) is 15.1. The van der Waals surface area contributed by atoms with Gasteiger partial charge in [-0.15, -0.1) is 0 Å². The zero-order valence-corrected chi connectivity index (χ0v) is 15.1. The smallest absolute Gasteiger partial charge is 0.402 e. The lowest BCUT2D eigenvalue weighted by Gasteiger charge is -2.18. The molecule has 0 radical (unpaired) electrons. The minimum absolute atomic E-state index is 0.0126. The van der Waals surface area contributed by atoms with Crippen LogP contribution in [0.15, 0.2) is 59.2 Å². The molecule has 3 nitrogen and oxygen atoms in total. The van der Waals surface area contributed by atoms with Gasteiger partial charge in [-0.05, 0) is 46.9 Å². The van der Waals surface area contributed by atoms with Gasteiger partial charge in [0.2, 0.25) is 5.90 Å². The van der Waals surface area contributed by atoms with Crippen LogP contribution in [-0.2, 0) is 21.1 Å². The number of hydrogen-bond donors (Lipinski definition) is 0. The number of carbonyl (C=O) groups excluding carboxylic acids is 1. The third-order valence-electron chi connectivity index (χ3n) is 4.14.